The number of aromatic nitrogens is 3. The Kier molecular flexibility index (Phi) is 4.43. The summed E-state index contributed by atoms with van der Waals surface area (Å²) < 4.78 is 14.4. The first-order valence-corrected chi connectivity index (χ1v) is 12.1. The van der Waals surface area contributed by atoms with Gasteiger partial charge in [-0.1, -0.05) is 0 Å². The molecule has 1 fully saturated rings. The van der Waals surface area contributed by atoms with Gasteiger partial charge in [0.1, 0.15) is 5.01 Å². The molecule has 0 spiro atoms. The zero-order valence-corrected chi connectivity index (χ0v) is 18.1. The first kappa shape index (κ1) is 17.8. The summed E-state index contributed by atoms with van der Waals surface area (Å²) in [6.45, 7) is 8.23. The normalized spacial score (nSPS) is 19.0. The van der Waals surface area contributed by atoms with Crippen LogP contribution in [0.25, 0.3) is 21.6 Å². The largest absolute Gasteiger partial charge is 0.496 e. The second-order valence-corrected chi connectivity index (χ2v) is 9.61. The minimum Gasteiger partial charge on any atom is -0.399 e. The van der Waals surface area contributed by atoms with Crippen LogP contribution in [-0.2, 0) is 9.31 Å². The van der Waals surface area contributed by atoms with Gasteiger partial charge in [-0.15, -0.1) is 11.3 Å². The van der Waals surface area contributed by atoms with Crippen LogP contribution in [-0.4, -0.2) is 32.3 Å². The second kappa shape index (κ2) is 6.23. The Morgan fingerprint density at radius 1 is 1.20 bits per heavy atom. The third-order valence-corrected chi connectivity index (χ3v) is 7.40. The van der Waals surface area contributed by atoms with Gasteiger partial charge in [0.15, 0.2) is 5.65 Å². The van der Waals surface area contributed by atoms with Gasteiger partial charge in [0.25, 0.3) is 0 Å². The maximum atomic E-state index is 6.17. The van der Waals surface area contributed by atoms with Crippen LogP contribution in [0.3, 0.4) is 0 Å². The van der Waals surface area contributed by atoms with E-state index in [1.165, 1.54) is 0 Å². The fourth-order valence-electron chi connectivity index (χ4n) is 2.78. The van der Waals surface area contributed by atoms with Crippen molar-refractivity contribution >= 4 is 65.3 Å². The van der Waals surface area contributed by atoms with Crippen molar-refractivity contribution in [2.24, 2.45) is 0 Å². The van der Waals surface area contributed by atoms with Crippen LogP contribution in [0.15, 0.2) is 30.0 Å². The topological polar surface area (TPSA) is 49.2 Å². The van der Waals surface area contributed by atoms with Crippen LogP contribution in [0, 0.1) is 0 Å². The Hall–Kier alpha value is -0.615. The van der Waals surface area contributed by atoms with E-state index in [2.05, 4.69) is 75.1 Å². The molecule has 4 rings (SSSR count). The maximum Gasteiger partial charge on any atom is 0.496 e. The summed E-state index contributed by atoms with van der Waals surface area (Å²) in [7, 11) is 1.18. The number of thiazole rings is 1. The van der Waals surface area contributed by atoms with E-state index < -0.39 is 7.12 Å². The monoisotopic (exact) mass is 485 g/mol. The van der Waals surface area contributed by atoms with E-state index in [-0.39, 0.29) is 11.2 Å². The van der Waals surface area contributed by atoms with E-state index in [1.807, 2.05) is 17.8 Å². The fraction of sp³-hybridized carbons (Fsp3) is 0.375. The molecule has 4 heterocycles. The Morgan fingerprint density at radius 3 is 2.52 bits per heavy atom. The highest BCUT2D eigenvalue weighted by Gasteiger charge is 2.51. The number of hydrogen-bond donors (Lipinski definition) is 0. The molecule has 1 aliphatic rings. The highest BCUT2D eigenvalue weighted by Crippen LogP contribution is 2.38. The highest BCUT2D eigenvalue weighted by molar-refractivity contribution is 14.2. The zero-order chi connectivity index (χ0) is 17.8. The zero-order valence-electron chi connectivity index (χ0n) is 14.3. The predicted octanol–water partition coefficient (Wildman–Crippen LogP) is 4.31. The fourth-order valence-corrected chi connectivity index (χ4v) is 4.70. The van der Waals surface area contributed by atoms with Crippen molar-refractivity contribution in [2.45, 2.75) is 38.9 Å². The summed E-state index contributed by atoms with van der Waals surface area (Å²) in [4.78, 5) is 9.14. The van der Waals surface area contributed by atoms with E-state index >= 15 is 0 Å². The predicted molar refractivity (Wildman–Crippen MR) is 114 cm³/mol. The van der Waals surface area contributed by atoms with Crippen LogP contribution < -0.4 is 5.46 Å². The second-order valence-electron chi connectivity index (χ2n) is 7.00. The standard InChI is InChI=1S/C16H17BIN3O2S2/c1-15(2)16(3,4)23-17(22-15)10-7-11-12(14-19-5-6-24-14)9-21(25-18)13(11)20-8-10/h5-9H,1-4H3. The third kappa shape index (κ3) is 2.93. The summed E-state index contributed by atoms with van der Waals surface area (Å²) in [5.74, 6) is 0. The summed E-state index contributed by atoms with van der Waals surface area (Å²) >= 11 is 3.89. The summed E-state index contributed by atoms with van der Waals surface area (Å²) in [6, 6.07) is 2.12. The number of nitrogens with zero attached hydrogens (tertiary/aromatic N) is 3. The molecule has 0 radical (unpaired) electrons. The minimum absolute atomic E-state index is 0.366. The molecule has 0 aromatic carbocycles. The number of halogens is 1. The Balaban J connectivity index is 1.82. The van der Waals surface area contributed by atoms with Crippen LogP contribution in [0.5, 0.6) is 0 Å². The molecular formula is C16H17BIN3O2S2. The van der Waals surface area contributed by atoms with Crippen molar-refractivity contribution in [3.8, 4) is 10.6 Å². The number of rotatable bonds is 3. The highest BCUT2D eigenvalue weighted by atomic mass is 127. The van der Waals surface area contributed by atoms with E-state index in [9.17, 15) is 0 Å². The molecule has 0 atom stereocenters. The lowest BCUT2D eigenvalue weighted by atomic mass is 9.80. The van der Waals surface area contributed by atoms with E-state index in [1.54, 1.807) is 20.5 Å². The quantitative estimate of drug-likeness (QED) is 0.409. The number of fused-ring (bicyclic) bond motifs is 1. The first-order chi connectivity index (χ1) is 11.8. The molecular weight excluding hydrogens is 468 g/mol. The molecule has 0 bridgehead atoms. The average Bonchev–Trinajstić information content (AvgIpc) is 3.24. The first-order valence-electron chi connectivity index (χ1n) is 7.88. The van der Waals surface area contributed by atoms with E-state index in [4.69, 9.17) is 9.31 Å². The molecule has 5 nitrogen and oxygen atoms in total. The van der Waals surface area contributed by atoms with Gasteiger partial charge in [-0.25, -0.2) is 9.97 Å². The Labute approximate surface area is 167 Å². The van der Waals surface area contributed by atoms with Gasteiger partial charge in [-0.3, -0.25) is 3.97 Å². The molecule has 0 N–H and O–H groups in total. The smallest absolute Gasteiger partial charge is 0.399 e. The number of pyridine rings is 1. The van der Waals surface area contributed by atoms with Crippen molar-refractivity contribution in [2.75, 3.05) is 0 Å². The molecule has 0 saturated carbocycles. The maximum absolute atomic E-state index is 6.17. The molecule has 0 unspecified atom stereocenters. The molecule has 1 saturated heterocycles. The van der Waals surface area contributed by atoms with Gasteiger partial charge in [-0.2, -0.15) is 0 Å². The van der Waals surface area contributed by atoms with Crippen LogP contribution in [0.4, 0.5) is 0 Å². The van der Waals surface area contributed by atoms with Crippen molar-refractivity contribution in [1.82, 2.24) is 13.9 Å². The van der Waals surface area contributed by atoms with Crippen LogP contribution in [0.1, 0.15) is 27.7 Å². The van der Waals surface area contributed by atoms with Gasteiger partial charge in [-0.05, 0) is 33.8 Å². The lowest BCUT2D eigenvalue weighted by Gasteiger charge is -2.32. The van der Waals surface area contributed by atoms with Gasteiger partial charge < -0.3 is 9.31 Å². The average molecular weight is 485 g/mol. The van der Waals surface area contributed by atoms with Crippen molar-refractivity contribution in [3.05, 3.63) is 30.0 Å². The van der Waals surface area contributed by atoms with Gasteiger partial charge in [0, 0.05) is 70.7 Å². The minimum atomic E-state index is -0.415. The Morgan fingerprint density at radius 2 is 1.92 bits per heavy atom. The third-order valence-electron chi connectivity index (χ3n) is 4.90. The van der Waals surface area contributed by atoms with E-state index in [0.717, 1.165) is 27.1 Å². The lowest BCUT2D eigenvalue weighted by molar-refractivity contribution is 0.00578. The molecule has 3 aromatic heterocycles. The molecule has 9 heteroatoms. The molecule has 25 heavy (non-hydrogen) atoms. The molecule has 1 aliphatic heterocycles. The molecule has 0 amide bonds. The van der Waals surface area contributed by atoms with Crippen LogP contribution in [0.2, 0.25) is 0 Å². The van der Waals surface area contributed by atoms with Crippen molar-refractivity contribution in [1.29, 1.82) is 0 Å². The SMILES string of the molecule is CC1(C)OB(c2cnc3c(c2)c(-c2nccs2)cn3SI)OC1(C)C. The van der Waals surface area contributed by atoms with Crippen LogP contribution >= 0.6 is 41.7 Å². The summed E-state index contributed by atoms with van der Waals surface area (Å²) in [5.41, 5.74) is 2.20. The van der Waals surface area contributed by atoms with Gasteiger partial charge in [0.05, 0.1) is 11.2 Å². The van der Waals surface area contributed by atoms with E-state index in [0.29, 0.717) is 0 Å². The number of hydrogen-bond acceptors (Lipinski definition) is 6. The molecule has 3 aromatic rings. The lowest BCUT2D eigenvalue weighted by Crippen LogP contribution is -2.41. The molecule has 130 valence electrons. The van der Waals surface area contributed by atoms with Gasteiger partial charge in [0.2, 0.25) is 0 Å². The van der Waals surface area contributed by atoms with Crippen molar-refractivity contribution < 1.29 is 9.31 Å². The van der Waals surface area contributed by atoms with Crippen molar-refractivity contribution in [3.63, 3.8) is 0 Å². The Bertz CT molecular complexity index is 911. The van der Waals surface area contributed by atoms with Gasteiger partial charge >= 0.3 is 7.12 Å². The summed E-state index contributed by atoms with van der Waals surface area (Å²) in [5, 5.41) is 4.04. The molecule has 0 aliphatic carbocycles. The summed E-state index contributed by atoms with van der Waals surface area (Å²) in [6.07, 6.45) is 5.76.